The SMILES string of the molecule is Cc1cnc(CNC2CCCCc3cc(Br)ccc32)[nH]1. The van der Waals surface area contributed by atoms with Gasteiger partial charge in [-0.25, -0.2) is 4.98 Å². The summed E-state index contributed by atoms with van der Waals surface area (Å²) in [4.78, 5) is 7.65. The molecule has 1 atom stereocenters. The third kappa shape index (κ3) is 3.13. The maximum absolute atomic E-state index is 4.37. The summed E-state index contributed by atoms with van der Waals surface area (Å²) in [5.41, 5.74) is 4.05. The Morgan fingerprint density at radius 3 is 3.10 bits per heavy atom. The topological polar surface area (TPSA) is 40.7 Å². The first kappa shape index (κ1) is 13.8. The lowest BCUT2D eigenvalue weighted by atomic mass is 9.99. The number of hydrogen-bond acceptors (Lipinski definition) is 2. The van der Waals surface area contributed by atoms with E-state index < -0.39 is 0 Å². The molecule has 20 heavy (non-hydrogen) atoms. The smallest absolute Gasteiger partial charge is 0.120 e. The maximum Gasteiger partial charge on any atom is 0.120 e. The van der Waals surface area contributed by atoms with Crippen LogP contribution >= 0.6 is 15.9 Å². The standard InChI is InChI=1S/C16H20BrN3/c1-11-9-19-16(20-11)10-18-15-5-3-2-4-12-8-13(17)6-7-14(12)15/h6-9,15,18H,2-5,10H2,1H3,(H,19,20). The van der Waals surface area contributed by atoms with Crippen molar-refractivity contribution in [1.82, 2.24) is 15.3 Å². The second-order valence-electron chi connectivity index (χ2n) is 5.54. The summed E-state index contributed by atoms with van der Waals surface area (Å²) in [5, 5.41) is 3.66. The zero-order valence-corrected chi connectivity index (χ0v) is 13.3. The molecule has 0 fully saturated rings. The van der Waals surface area contributed by atoms with Crippen LogP contribution in [0.4, 0.5) is 0 Å². The second-order valence-corrected chi connectivity index (χ2v) is 6.45. The van der Waals surface area contributed by atoms with Crippen molar-refractivity contribution in [2.45, 2.75) is 45.2 Å². The molecule has 0 bridgehead atoms. The number of nitrogens with zero attached hydrogens (tertiary/aromatic N) is 1. The summed E-state index contributed by atoms with van der Waals surface area (Å²) in [6.07, 6.45) is 6.83. The molecular formula is C16H20BrN3. The Kier molecular flexibility index (Phi) is 4.22. The lowest BCUT2D eigenvalue weighted by Crippen LogP contribution is -2.21. The average Bonchev–Trinajstić information content (AvgIpc) is 2.74. The third-order valence-electron chi connectivity index (χ3n) is 3.94. The molecule has 0 radical (unpaired) electrons. The third-order valence-corrected chi connectivity index (χ3v) is 4.43. The largest absolute Gasteiger partial charge is 0.345 e. The van der Waals surface area contributed by atoms with Gasteiger partial charge in [-0.05, 0) is 49.4 Å². The van der Waals surface area contributed by atoms with E-state index in [9.17, 15) is 0 Å². The first-order chi connectivity index (χ1) is 9.72. The number of benzene rings is 1. The normalized spacial score (nSPS) is 18.6. The van der Waals surface area contributed by atoms with Crippen LogP contribution in [0, 0.1) is 6.92 Å². The average molecular weight is 334 g/mol. The fourth-order valence-electron chi connectivity index (χ4n) is 2.94. The number of fused-ring (bicyclic) bond motifs is 1. The van der Waals surface area contributed by atoms with Crippen molar-refractivity contribution < 1.29 is 0 Å². The Hall–Kier alpha value is -1.13. The predicted molar refractivity (Wildman–Crippen MR) is 84.6 cm³/mol. The van der Waals surface area contributed by atoms with E-state index in [1.807, 2.05) is 13.1 Å². The number of aromatic amines is 1. The Morgan fingerprint density at radius 1 is 1.40 bits per heavy atom. The minimum Gasteiger partial charge on any atom is -0.345 e. The van der Waals surface area contributed by atoms with Crippen LogP contribution in [0.2, 0.25) is 0 Å². The highest BCUT2D eigenvalue weighted by Gasteiger charge is 2.18. The first-order valence-corrected chi connectivity index (χ1v) is 8.04. The van der Waals surface area contributed by atoms with Crippen molar-refractivity contribution in [3.05, 3.63) is 51.5 Å². The zero-order chi connectivity index (χ0) is 13.9. The van der Waals surface area contributed by atoms with Gasteiger partial charge in [-0.3, -0.25) is 0 Å². The van der Waals surface area contributed by atoms with Crippen molar-refractivity contribution in [2.75, 3.05) is 0 Å². The quantitative estimate of drug-likeness (QED) is 0.832. The van der Waals surface area contributed by atoms with Crippen LogP contribution in [0.3, 0.4) is 0 Å². The number of aromatic nitrogens is 2. The summed E-state index contributed by atoms with van der Waals surface area (Å²) in [7, 11) is 0. The molecule has 0 saturated carbocycles. The van der Waals surface area contributed by atoms with E-state index >= 15 is 0 Å². The highest BCUT2D eigenvalue weighted by Crippen LogP contribution is 2.30. The molecule has 1 aromatic carbocycles. The van der Waals surface area contributed by atoms with Gasteiger partial charge in [0.25, 0.3) is 0 Å². The molecule has 3 rings (SSSR count). The van der Waals surface area contributed by atoms with Crippen LogP contribution < -0.4 is 5.32 Å². The molecule has 0 saturated heterocycles. The fraction of sp³-hybridized carbons (Fsp3) is 0.438. The molecular weight excluding hydrogens is 314 g/mol. The van der Waals surface area contributed by atoms with Crippen LogP contribution in [0.5, 0.6) is 0 Å². The predicted octanol–water partition coefficient (Wildman–Crippen LogP) is 4.04. The summed E-state index contributed by atoms with van der Waals surface area (Å²) < 4.78 is 1.18. The summed E-state index contributed by atoms with van der Waals surface area (Å²) in [5.74, 6) is 1.02. The van der Waals surface area contributed by atoms with Gasteiger partial charge in [0.2, 0.25) is 0 Å². The van der Waals surface area contributed by atoms with Gasteiger partial charge in [0.1, 0.15) is 5.82 Å². The van der Waals surface area contributed by atoms with Gasteiger partial charge >= 0.3 is 0 Å². The highest BCUT2D eigenvalue weighted by molar-refractivity contribution is 9.10. The van der Waals surface area contributed by atoms with E-state index in [4.69, 9.17) is 0 Å². The molecule has 1 heterocycles. The van der Waals surface area contributed by atoms with E-state index in [1.54, 1.807) is 0 Å². The van der Waals surface area contributed by atoms with Crippen molar-refractivity contribution >= 4 is 15.9 Å². The van der Waals surface area contributed by atoms with E-state index in [-0.39, 0.29) is 0 Å². The second kappa shape index (κ2) is 6.10. The summed E-state index contributed by atoms with van der Waals surface area (Å²) in [6.45, 7) is 2.84. The number of nitrogens with one attached hydrogen (secondary N) is 2. The maximum atomic E-state index is 4.37. The van der Waals surface area contributed by atoms with Crippen molar-refractivity contribution in [3.63, 3.8) is 0 Å². The van der Waals surface area contributed by atoms with Crippen molar-refractivity contribution in [2.24, 2.45) is 0 Å². The lowest BCUT2D eigenvalue weighted by Gasteiger charge is -2.19. The Morgan fingerprint density at radius 2 is 2.30 bits per heavy atom. The molecule has 106 valence electrons. The minimum atomic E-state index is 0.436. The van der Waals surface area contributed by atoms with Crippen LogP contribution in [0.15, 0.2) is 28.9 Å². The molecule has 1 aromatic heterocycles. The molecule has 1 aliphatic rings. The zero-order valence-electron chi connectivity index (χ0n) is 11.7. The molecule has 1 unspecified atom stereocenters. The van der Waals surface area contributed by atoms with Gasteiger partial charge in [-0.2, -0.15) is 0 Å². The van der Waals surface area contributed by atoms with Crippen LogP contribution in [-0.4, -0.2) is 9.97 Å². The molecule has 3 nitrogen and oxygen atoms in total. The highest BCUT2D eigenvalue weighted by atomic mass is 79.9. The lowest BCUT2D eigenvalue weighted by molar-refractivity contribution is 0.482. The van der Waals surface area contributed by atoms with Crippen LogP contribution in [0.25, 0.3) is 0 Å². The number of rotatable bonds is 3. The first-order valence-electron chi connectivity index (χ1n) is 7.24. The monoisotopic (exact) mass is 333 g/mol. The molecule has 0 aliphatic heterocycles. The fourth-order valence-corrected chi connectivity index (χ4v) is 3.35. The summed E-state index contributed by atoms with van der Waals surface area (Å²) >= 11 is 3.58. The minimum absolute atomic E-state index is 0.436. The van der Waals surface area contributed by atoms with E-state index in [2.05, 4.69) is 49.4 Å². The van der Waals surface area contributed by atoms with Gasteiger partial charge in [0, 0.05) is 22.4 Å². The number of halogens is 1. The van der Waals surface area contributed by atoms with Crippen LogP contribution in [0.1, 0.15) is 47.9 Å². The van der Waals surface area contributed by atoms with E-state index in [0.717, 1.165) is 18.1 Å². The molecule has 1 aliphatic carbocycles. The van der Waals surface area contributed by atoms with Crippen molar-refractivity contribution in [1.29, 1.82) is 0 Å². The number of imidazole rings is 1. The number of hydrogen-bond donors (Lipinski definition) is 2. The van der Waals surface area contributed by atoms with Gasteiger partial charge < -0.3 is 10.3 Å². The Balaban J connectivity index is 1.76. The molecule has 4 heteroatoms. The Labute approximate surface area is 128 Å². The van der Waals surface area contributed by atoms with Crippen LogP contribution in [-0.2, 0) is 13.0 Å². The molecule has 2 N–H and O–H groups in total. The Bertz CT molecular complexity index is 591. The summed E-state index contributed by atoms with van der Waals surface area (Å²) in [6, 6.07) is 7.11. The van der Waals surface area contributed by atoms with Crippen molar-refractivity contribution in [3.8, 4) is 0 Å². The van der Waals surface area contributed by atoms with E-state index in [1.165, 1.54) is 41.3 Å². The van der Waals surface area contributed by atoms with Gasteiger partial charge in [0.15, 0.2) is 0 Å². The van der Waals surface area contributed by atoms with Gasteiger partial charge in [-0.15, -0.1) is 0 Å². The van der Waals surface area contributed by atoms with E-state index in [0.29, 0.717) is 6.04 Å². The molecule has 2 aromatic rings. The molecule has 0 amide bonds. The molecule has 0 spiro atoms. The number of H-pyrrole nitrogens is 1. The number of aryl methyl sites for hydroxylation is 2. The van der Waals surface area contributed by atoms with Gasteiger partial charge in [-0.1, -0.05) is 28.4 Å². The van der Waals surface area contributed by atoms with Gasteiger partial charge in [0.05, 0.1) is 6.54 Å².